The van der Waals surface area contributed by atoms with Crippen LogP contribution in [-0.2, 0) is 6.54 Å². The van der Waals surface area contributed by atoms with E-state index in [9.17, 15) is 4.79 Å². The highest BCUT2D eigenvalue weighted by Crippen LogP contribution is 2.16. The smallest absolute Gasteiger partial charge is 0.276 e. The summed E-state index contributed by atoms with van der Waals surface area (Å²) in [7, 11) is 0. The summed E-state index contributed by atoms with van der Waals surface area (Å²) < 4.78 is 3.69. The highest BCUT2D eigenvalue weighted by molar-refractivity contribution is 6.02. The van der Waals surface area contributed by atoms with Crippen molar-refractivity contribution in [3.63, 3.8) is 0 Å². The van der Waals surface area contributed by atoms with Crippen LogP contribution in [0.4, 0.5) is 5.69 Å². The zero-order valence-corrected chi connectivity index (χ0v) is 14.5. The van der Waals surface area contributed by atoms with Crippen molar-refractivity contribution >= 4 is 11.6 Å². The molecule has 1 aromatic carbocycles. The van der Waals surface area contributed by atoms with E-state index in [0.717, 1.165) is 31.5 Å². The van der Waals surface area contributed by atoms with Gasteiger partial charge in [-0.25, -0.2) is 0 Å². The lowest BCUT2D eigenvalue weighted by Crippen LogP contribution is -2.32. The van der Waals surface area contributed by atoms with Crippen LogP contribution in [0.2, 0.25) is 0 Å². The topological polar surface area (TPSA) is 76.8 Å². The molecule has 1 amide bonds. The average Bonchev–Trinajstić information content (AvgIpc) is 3.33. The SMILES string of the molecule is O=C(Nc1cnn(Cc2ccccc2)c1)c1ccn(C2CCCNC2)n1. The van der Waals surface area contributed by atoms with Crippen molar-refractivity contribution in [2.75, 3.05) is 18.4 Å². The molecule has 1 fully saturated rings. The normalized spacial score (nSPS) is 17.2. The van der Waals surface area contributed by atoms with Gasteiger partial charge < -0.3 is 10.6 Å². The van der Waals surface area contributed by atoms with Gasteiger partial charge in [-0.1, -0.05) is 30.3 Å². The first-order valence-electron chi connectivity index (χ1n) is 8.91. The number of carbonyl (C=O) groups is 1. The van der Waals surface area contributed by atoms with E-state index in [1.165, 1.54) is 0 Å². The van der Waals surface area contributed by atoms with Crippen LogP contribution in [0.1, 0.15) is 34.9 Å². The monoisotopic (exact) mass is 350 g/mol. The van der Waals surface area contributed by atoms with Crippen LogP contribution in [0.25, 0.3) is 0 Å². The second-order valence-corrected chi connectivity index (χ2v) is 6.55. The number of piperidine rings is 1. The van der Waals surface area contributed by atoms with Crippen molar-refractivity contribution in [2.24, 2.45) is 0 Å². The van der Waals surface area contributed by atoms with E-state index in [-0.39, 0.29) is 5.91 Å². The molecule has 1 unspecified atom stereocenters. The fourth-order valence-electron chi connectivity index (χ4n) is 3.20. The molecule has 4 rings (SSSR count). The summed E-state index contributed by atoms with van der Waals surface area (Å²) >= 11 is 0. The van der Waals surface area contributed by atoms with Crippen LogP contribution < -0.4 is 10.6 Å². The number of aromatic nitrogens is 4. The molecule has 2 aromatic heterocycles. The Morgan fingerprint density at radius 1 is 1.27 bits per heavy atom. The van der Waals surface area contributed by atoms with E-state index in [4.69, 9.17) is 0 Å². The highest BCUT2D eigenvalue weighted by Gasteiger charge is 2.18. The minimum absolute atomic E-state index is 0.216. The molecule has 0 radical (unpaired) electrons. The van der Waals surface area contributed by atoms with Crippen LogP contribution in [0.15, 0.2) is 55.0 Å². The molecule has 134 valence electrons. The maximum absolute atomic E-state index is 12.4. The Kier molecular flexibility index (Phi) is 4.79. The third kappa shape index (κ3) is 3.83. The van der Waals surface area contributed by atoms with Crippen LogP contribution >= 0.6 is 0 Å². The molecule has 0 spiro atoms. The number of nitrogens with one attached hydrogen (secondary N) is 2. The van der Waals surface area contributed by atoms with Gasteiger partial charge in [0.2, 0.25) is 0 Å². The molecular weight excluding hydrogens is 328 g/mol. The van der Waals surface area contributed by atoms with Gasteiger partial charge >= 0.3 is 0 Å². The van der Waals surface area contributed by atoms with Gasteiger partial charge in [-0.3, -0.25) is 14.2 Å². The van der Waals surface area contributed by atoms with Gasteiger partial charge in [-0.05, 0) is 31.0 Å². The number of anilines is 1. The first-order chi connectivity index (χ1) is 12.8. The largest absolute Gasteiger partial charge is 0.318 e. The lowest BCUT2D eigenvalue weighted by Gasteiger charge is -2.22. The summed E-state index contributed by atoms with van der Waals surface area (Å²) in [6.07, 6.45) is 7.58. The Morgan fingerprint density at radius 2 is 2.15 bits per heavy atom. The summed E-state index contributed by atoms with van der Waals surface area (Å²) in [5.74, 6) is -0.216. The molecule has 3 aromatic rings. The maximum atomic E-state index is 12.4. The number of hydrogen-bond acceptors (Lipinski definition) is 4. The zero-order chi connectivity index (χ0) is 17.8. The minimum Gasteiger partial charge on any atom is -0.318 e. The van der Waals surface area contributed by atoms with Crippen molar-refractivity contribution in [3.8, 4) is 0 Å². The van der Waals surface area contributed by atoms with Gasteiger partial charge in [0.05, 0.1) is 24.5 Å². The Morgan fingerprint density at radius 3 is 2.96 bits per heavy atom. The van der Waals surface area contributed by atoms with Crippen molar-refractivity contribution < 1.29 is 4.79 Å². The Balaban J connectivity index is 1.38. The van der Waals surface area contributed by atoms with Gasteiger partial charge in [0, 0.05) is 18.9 Å². The predicted molar refractivity (Wildman–Crippen MR) is 99.1 cm³/mol. The third-order valence-electron chi connectivity index (χ3n) is 4.56. The third-order valence-corrected chi connectivity index (χ3v) is 4.56. The van der Waals surface area contributed by atoms with E-state index in [1.54, 1.807) is 16.9 Å². The lowest BCUT2D eigenvalue weighted by atomic mass is 10.1. The van der Waals surface area contributed by atoms with Crippen LogP contribution in [0.3, 0.4) is 0 Å². The molecule has 0 saturated carbocycles. The summed E-state index contributed by atoms with van der Waals surface area (Å²) in [5, 5.41) is 15.0. The number of carbonyl (C=O) groups excluding carboxylic acids is 1. The van der Waals surface area contributed by atoms with Gasteiger partial charge in [0.25, 0.3) is 5.91 Å². The number of rotatable bonds is 5. The van der Waals surface area contributed by atoms with Gasteiger partial charge in [0.15, 0.2) is 5.69 Å². The van der Waals surface area contributed by atoms with Crippen LogP contribution in [0.5, 0.6) is 0 Å². The van der Waals surface area contributed by atoms with Crippen molar-refractivity contribution in [3.05, 3.63) is 66.2 Å². The summed E-state index contributed by atoms with van der Waals surface area (Å²) in [4.78, 5) is 12.4. The molecule has 3 heterocycles. The molecule has 0 bridgehead atoms. The molecule has 7 nitrogen and oxygen atoms in total. The first kappa shape index (κ1) is 16.5. The van der Waals surface area contributed by atoms with Crippen molar-refractivity contribution in [1.82, 2.24) is 24.9 Å². The number of benzene rings is 1. The molecule has 7 heteroatoms. The Bertz CT molecular complexity index is 863. The van der Waals surface area contributed by atoms with E-state index < -0.39 is 0 Å². The Hall–Kier alpha value is -2.93. The summed E-state index contributed by atoms with van der Waals surface area (Å²) in [6.45, 7) is 2.62. The second-order valence-electron chi connectivity index (χ2n) is 6.55. The van der Waals surface area contributed by atoms with E-state index >= 15 is 0 Å². The summed E-state index contributed by atoms with van der Waals surface area (Å²) in [6, 6.07) is 12.2. The lowest BCUT2D eigenvalue weighted by molar-refractivity contribution is 0.102. The highest BCUT2D eigenvalue weighted by atomic mass is 16.2. The molecule has 1 atom stereocenters. The van der Waals surface area contributed by atoms with Gasteiger partial charge in [0.1, 0.15) is 0 Å². The quantitative estimate of drug-likeness (QED) is 0.740. The number of amides is 1. The molecule has 1 aliphatic heterocycles. The van der Waals surface area contributed by atoms with Crippen LogP contribution in [-0.4, -0.2) is 38.6 Å². The molecule has 26 heavy (non-hydrogen) atoms. The van der Waals surface area contributed by atoms with Gasteiger partial charge in [-0.15, -0.1) is 0 Å². The number of hydrogen-bond donors (Lipinski definition) is 2. The summed E-state index contributed by atoms with van der Waals surface area (Å²) in [5.41, 5.74) is 2.25. The molecule has 2 N–H and O–H groups in total. The molecule has 1 aliphatic rings. The fourth-order valence-corrected chi connectivity index (χ4v) is 3.20. The zero-order valence-electron chi connectivity index (χ0n) is 14.5. The predicted octanol–water partition coefficient (Wildman–Crippen LogP) is 2.30. The van der Waals surface area contributed by atoms with E-state index in [2.05, 4.69) is 20.8 Å². The van der Waals surface area contributed by atoms with Crippen molar-refractivity contribution in [1.29, 1.82) is 0 Å². The maximum Gasteiger partial charge on any atom is 0.276 e. The minimum atomic E-state index is -0.216. The standard InChI is InChI=1S/C19H22N6O/c26-19(18-8-10-25(23-18)17-7-4-9-20-12-17)22-16-11-21-24(14-16)13-15-5-2-1-3-6-15/h1-3,5-6,8,10-11,14,17,20H,4,7,9,12-13H2,(H,22,26). The molecule has 1 saturated heterocycles. The Labute approximate surface area is 152 Å². The second kappa shape index (κ2) is 7.53. The van der Waals surface area contributed by atoms with Gasteiger partial charge in [-0.2, -0.15) is 10.2 Å². The molecular formula is C19H22N6O. The van der Waals surface area contributed by atoms with Crippen LogP contribution in [0, 0.1) is 0 Å². The molecule has 0 aliphatic carbocycles. The van der Waals surface area contributed by atoms with Crippen molar-refractivity contribution in [2.45, 2.75) is 25.4 Å². The fraction of sp³-hybridized carbons (Fsp3) is 0.316. The average molecular weight is 350 g/mol. The van der Waals surface area contributed by atoms with E-state index in [0.29, 0.717) is 24.0 Å². The first-order valence-corrected chi connectivity index (χ1v) is 8.91. The van der Waals surface area contributed by atoms with E-state index in [1.807, 2.05) is 47.4 Å². The number of nitrogens with zero attached hydrogens (tertiary/aromatic N) is 4.